The second-order valence-corrected chi connectivity index (χ2v) is 4.57. The lowest BCUT2D eigenvalue weighted by Gasteiger charge is -2.07. The molecular weight excluding hydrogens is 250 g/mol. The van der Waals surface area contributed by atoms with Crippen molar-refractivity contribution in [2.45, 2.75) is 6.92 Å². The van der Waals surface area contributed by atoms with Gasteiger partial charge in [-0.15, -0.1) is 0 Å². The summed E-state index contributed by atoms with van der Waals surface area (Å²) in [5.41, 5.74) is 2.72. The maximum Gasteiger partial charge on any atom is 0.265 e. The first-order valence-electron chi connectivity index (χ1n) is 6.15. The van der Waals surface area contributed by atoms with E-state index in [1.54, 1.807) is 24.3 Å². The van der Waals surface area contributed by atoms with Crippen LogP contribution >= 0.6 is 0 Å². The topological polar surface area (TPSA) is 39.2 Å². The van der Waals surface area contributed by atoms with Crippen molar-refractivity contribution in [1.82, 2.24) is 9.55 Å². The van der Waals surface area contributed by atoms with Crippen LogP contribution in [0.5, 0.6) is 0 Å². The third kappa shape index (κ3) is 1.95. The molecule has 0 spiro atoms. The summed E-state index contributed by atoms with van der Waals surface area (Å²) in [6, 6.07) is 12.5. The van der Waals surface area contributed by atoms with Crippen LogP contribution in [0.1, 0.15) is 5.56 Å². The monoisotopic (exact) mass is 261 g/mol. The lowest BCUT2D eigenvalue weighted by atomic mass is 10.1. The molecule has 0 N–H and O–H groups in total. The number of hydrogen-bond donors (Lipinski definition) is 0. The zero-order chi connectivity index (χ0) is 14.1. The summed E-state index contributed by atoms with van der Waals surface area (Å²) in [5, 5.41) is 0.584. The Morgan fingerprint density at radius 1 is 1.20 bits per heavy atom. The minimum absolute atomic E-state index is 0.124. The molecule has 4 nitrogen and oxygen atoms in total. The van der Waals surface area contributed by atoms with E-state index in [0.717, 1.165) is 5.56 Å². The number of benzene rings is 2. The standard InChI is InChI=1S/C16H11N3O/c1-11-6-7-15-14(8-11)16(20)19(10-18-15)13-5-3-4-12(9-13)17-2/h3-10H,1H3. The molecule has 1 heterocycles. The Morgan fingerprint density at radius 3 is 2.85 bits per heavy atom. The lowest BCUT2D eigenvalue weighted by molar-refractivity contribution is 0.963. The predicted octanol–water partition coefficient (Wildman–Crippen LogP) is 3.24. The van der Waals surface area contributed by atoms with Crippen molar-refractivity contribution in [2.75, 3.05) is 0 Å². The van der Waals surface area contributed by atoms with Crippen LogP contribution in [0.15, 0.2) is 53.6 Å². The van der Waals surface area contributed by atoms with E-state index in [1.807, 2.05) is 25.1 Å². The molecule has 0 aliphatic rings. The summed E-state index contributed by atoms with van der Waals surface area (Å²) < 4.78 is 1.47. The van der Waals surface area contributed by atoms with Gasteiger partial charge in [-0.25, -0.2) is 9.83 Å². The Balaban J connectivity index is 2.29. The van der Waals surface area contributed by atoms with Gasteiger partial charge >= 0.3 is 0 Å². The fourth-order valence-corrected chi connectivity index (χ4v) is 2.13. The van der Waals surface area contributed by atoms with E-state index in [2.05, 4.69) is 9.83 Å². The summed E-state index contributed by atoms with van der Waals surface area (Å²) in [4.78, 5) is 20.2. The van der Waals surface area contributed by atoms with Crippen LogP contribution in [0, 0.1) is 13.5 Å². The Hall–Kier alpha value is -2.93. The van der Waals surface area contributed by atoms with Crippen molar-refractivity contribution < 1.29 is 0 Å². The zero-order valence-electron chi connectivity index (χ0n) is 10.9. The molecule has 96 valence electrons. The molecule has 4 heteroatoms. The highest BCUT2D eigenvalue weighted by molar-refractivity contribution is 5.78. The van der Waals surface area contributed by atoms with Gasteiger partial charge in [-0.1, -0.05) is 23.8 Å². The average Bonchev–Trinajstić information content (AvgIpc) is 2.48. The van der Waals surface area contributed by atoms with E-state index in [9.17, 15) is 4.79 Å². The van der Waals surface area contributed by atoms with Crippen LogP contribution < -0.4 is 5.56 Å². The summed E-state index contributed by atoms with van der Waals surface area (Å²) >= 11 is 0. The van der Waals surface area contributed by atoms with Crippen LogP contribution in [-0.2, 0) is 0 Å². The zero-order valence-corrected chi connectivity index (χ0v) is 10.9. The van der Waals surface area contributed by atoms with Crippen LogP contribution in [0.2, 0.25) is 0 Å². The Morgan fingerprint density at radius 2 is 2.05 bits per heavy atom. The third-order valence-electron chi connectivity index (χ3n) is 3.15. The van der Waals surface area contributed by atoms with Crippen LogP contribution in [0.25, 0.3) is 21.4 Å². The molecule has 0 fully saturated rings. The Labute approximate surface area is 115 Å². The maximum atomic E-state index is 12.5. The number of rotatable bonds is 1. The lowest BCUT2D eigenvalue weighted by Crippen LogP contribution is -2.18. The first-order valence-corrected chi connectivity index (χ1v) is 6.15. The largest absolute Gasteiger partial charge is 0.268 e. The Kier molecular flexibility index (Phi) is 2.81. The molecule has 20 heavy (non-hydrogen) atoms. The molecule has 0 saturated heterocycles. The predicted molar refractivity (Wildman–Crippen MR) is 78.3 cm³/mol. The van der Waals surface area contributed by atoms with E-state index < -0.39 is 0 Å². The van der Waals surface area contributed by atoms with Crippen molar-refractivity contribution in [1.29, 1.82) is 0 Å². The van der Waals surface area contributed by atoms with Crippen molar-refractivity contribution >= 4 is 16.6 Å². The maximum absolute atomic E-state index is 12.5. The van der Waals surface area contributed by atoms with Gasteiger partial charge in [0.05, 0.1) is 17.5 Å². The van der Waals surface area contributed by atoms with Crippen LogP contribution in [-0.4, -0.2) is 9.55 Å². The fraction of sp³-hybridized carbons (Fsp3) is 0.0625. The van der Waals surface area contributed by atoms with Gasteiger partial charge in [0.15, 0.2) is 5.69 Å². The number of nitrogens with zero attached hydrogens (tertiary/aromatic N) is 3. The summed E-state index contributed by atoms with van der Waals surface area (Å²) in [6.07, 6.45) is 1.50. The first kappa shape index (κ1) is 12.1. The molecular formula is C16H11N3O. The number of aryl methyl sites for hydroxylation is 1. The fourth-order valence-electron chi connectivity index (χ4n) is 2.13. The van der Waals surface area contributed by atoms with Gasteiger partial charge in [0.25, 0.3) is 5.56 Å². The second kappa shape index (κ2) is 4.63. The molecule has 0 unspecified atom stereocenters. The van der Waals surface area contributed by atoms with Crippen molar-refractivity contribution in [3.05, 3.63) is 76.1 Å². The van der Waals surface area contributed by atoms with Crippen LogP contribution in [0.3, 0.4) is 0 Å². The molecule has 1 aromatic heterocycles. The van der Waals surface area contributed by atoms with Crippen LogP contribution in [0.4, 0.5) is 5.69 Å². The number of hydrogen-bond acceptors (Lipinski definition) is 2. The normalized spacial score (nSPS) is 10.4. The van der Waals surface area contributed by atoms with Gasteiger partial charge in [0.2, 0.25) is 0 Å². The summed E-state index contributed by atoms with van der Waals surface area (Å²) in [6.45, 7) is 8.98. The quantitative estimate of drug-likeness (QED) is 0.631. The van der Waals surface area contributed by atoms with Crippen molar-refractivity contribution in [3.8, 4) is 5.69 Å². The van der Waals surface area contributed by atoms with E-state index in [1.165, 1.54) is 10.9 Å². The smallest absolute Gasteiger partial charge is 0.265 e. The van der Waals surface area contributed by atoms with Gasteiger partial charge in [0, 0.05) is 5.69 Å². The first-order chi connectivity index (χ1) is 9.69. The molecule has 2 aromatic carbocycles. The highest BCUT2D eigenvalue weighted by Gasteiger charge is 2.06. The molecule has 3 rings (SSSR count). The SMILES string of the molecule is [C-]#[N+]c1cccc(-n2cnc3ccc(C)cc3c2=O)c1. The Bertz CT molecular complexity index is 903. The average molecular weight is 261 g/mol. The second-order valence-electron chi connectivity index (χ2n) is 4.57. The molecule has 0 amide bonds. The minimum Gasteiger partial charge on any atom is -0.268 e. The number of aromatic nitrogens is 2. The van der Waals surface area contributed by atoms with Gasteiger partial charge in [0.1, 0.15) is 6.33 Å². The molecule has 0 atom stereocenters. The molecule has 0 aliphatic carbocycles. The van der Waals surface area contributed by atoms with E-state index in [4.69, 9.17) is 6.57 Å². The van der Waals surface area contributed by atoms with Crippen molar-refractivity contribution in [2.24, 2.45) is 0 Å². The minimum atomic E-state index is -0.124. The molecule has 0 radical (unpaired) electrons. The number of fused-ring (bicyclic) bond motifs is 1. The van der Waals surface area contributed by atoms with Gasteiger partial charge in [-0.2, -0.15) is 0 Å². The summed E-state index contributed by atoms with van der Waals surface area (Å²) in [5.74, 6) is 0. The van der Waals surface area contributed by atoms with E-state index in [0.29, 0.717) is 22.3 Å². The van der Waals surface area contributed by atoms with Gasteiger partial charge in [-0.05, 0) is 31.2 Å². The molecule has 0 aliphatic heterocycles. The van der Waals surface area contributed by atoms with Gasteiger partial charge < -0.3 is 0 Å². The highest BCUT2D eigenvalue weighted by atomic mass is 16.1. The highest BCUT2D eigenvalue weighted by Crippen LogP contribution is 2.17. The van der Waals surface area contributed by atoms with E-state index >= 15 is 0 Å². The molecule has 0 saturated carbocycles. The third-order valence-corrected chi connectivity index (χ3v) is 3.15. The molecule has 3 aromatic rings. The van der Waals surface area contributed by atoms with Crippen molar-refractivity contribution in [3.63, 3.8) is 0 Å². The molecule has 0 bridgehead atoms. The summed E-state index contributed by atoms with van der Waals surface area (Å²) in [7, 11) is 0. The van der Waals surface area contributed by atoms with E-state index in [-0.39, 0.29) is 5.56 Å². The van der Waals surface area contributed by atoms with Gasteiger partial charge in [-0.3, -0.25) is 9.36 Å².